The second-order valence-corrected chi connectivity index (χ2v) is 7.71. The third kappa shape index (κ3) is 3.98. The summed E-state index contributed by atoms with van der Waals surface area (Å²) in [5, 5.41) is 16.4. The fraction of sp³-hybridized carbons (Fsp3) is 0.409. The van der Waals surface area contributed by atoms with E-state index in [-0.39, 0.29) is 31.1 Å². The van der Waals surface area contributed by atoms with E-state index in [4.69, 9.17) is 9.47 Å². The smallest absolute Gasteiger partial charge is 0.315 e. The van der Waals surface area contributed by atoms with Crippen molar-refractivity contribution in [3.05, 3.63) is 60.2 Å². The monoisotopic (exact) mass is 382 g/mol. The van der Waals surface area contributed by atoms with E-state index in [2.05, 4.69) is 10.6 Å². The van der Waals surface area contributed by atoms with E-state index in [1.807, 2.05) is 61.5 Å². The SMILES string of the molecule is CC(NC(=O)NCC1(O)COC2CC1C2)c1ccccc1Oc1ccccc1. The van der Waals surface area contributed by atoms with Gasteiger partial charge < -0.3 is 25.2 Å². The number of fused-ring (bicyclic) bond motifs is 2. The number of carbonyl (C=O) groups is 1. The lowest BCUT2D eigenvalue weighted by atomic mass is 9.68. The summed E-state index contributed by atoms with van der Waals surface area (Å²) in [5.41, 5.74) is -0.0908. The van der Waals surface area contributed by atoms with E-state index in [9.17, 15) is 9.90 Å². The minimum Gasteiger partial charge on any atom is -0.457 e. The van der Waals surface area contributed by atoms with Gasteiger partial charge in [0.15, 0.2) is 0 Å². The number of urea groups is 1. The molecular weight excluding hydrogens is 356 g/mol. The first-order valence-corrected chi connectivity index (χ1v) is 9.74. The Morgan fingerprint density at radius 3 is 2.64 bits per heavy atom. The van der Waals surface area contributed by atoms with Crippen molar-refractivity contribution >= 4 is 6.03 Å². The van der Waals surface area contributed by atoms with Gasteiger partial charge in [0.05, 0.1) is 25.3 Å². The molecule has 0 spiro atoms. The van der Waals surface area contributed by atoms with E-state index < -0.39 is 5.60 Å². The summed E-state index contributed by atoms with van der Waals surface area (Å²) in [6.45, 7) is 2.37. The molecule has 2 saturated heterocycles. The largest absolute Gasteiger partial charge is 0.457 e. The zero-order chi connectivity index (χ0) is 19.6. The number of rotatable bonds is 6. The Morgan fingerprint density at radius 2 is 1.93 bits per heavy atom. The van der Waals surface area contributed by atoms with E-state index >= 15 is 0 Å². The number of amides is 2. The van der Waals surface area contributed by atoms with Gasteiger partial charge in [0.2, 0.25) is 0 Å². The fourth-order valence-corrected chi connectivity index (χ4v) is 3.82. The van der Waals surface area contributed by atoms with Gasteiger partial charge >= 0.3 is 6.03 Å². The Balaban J connectivity index is 1.35. The molecule has 1 aliphatic carbocycles. The van der Waals surface area contributed by atoms with Crippen molar-refractivity contribution in [2.75, 3.05) is 13.2 Å². The van der Waals surface area contributed by atoms with Gasteiger partial charge in [-0.25, -0.2) is 4.79 Å². The molecule has 0 radical (unpaired) electrons. The van der Waals surface area contributed by atoms with E-state index in [1.54, 1.807) is 0 Å². The predicted octanol–water partition coefficient (Wildman–Crippen LogP) is 3.38. The Kier molecular flexibility index (Phi) is 5.24. The van der Waals surface area contributed by atoms with Crippen LogP contribution in [0, 0.1) is 5.92 Å². The van der Waals surface area contributed by atoms with Crippen molar-refractivity contribution in [2.45, 2.75) is 37.5 Å². The molecule has 148 valence electrons. The van der Waals surface area contributed by atoms with E-state index in [0.717, 1.165) is 24.2 Å². The van der Waals surface area contributed by atoms with Crippen LogP contribution in [0.1, 0.15) is 31.4 Å². The summed E-state index contributed by atoms with van der Waals surface area (Å²) in [6.07, 6.45) is 2.04. The van der Waals surface area contributed by atoms with Gasteiger partial charge in [-0.15, -0.1) is 0 Å². The quantitative estimate of drug-likeness (QED) is 0.716. The molecule has 6 nitrogen and oxygen atoms in total. The highest BCUT2D eigenvalue weighted by Gasteiger charge is 2.50. The average Bonchev–Trinajstić information content (AvgIpc) is 2.67. The number of hydrogen-bond acceptors (Lipinski definition) is 4. The van der Waals surface area contributed by atoms with Gasteiger partial charge in [-0.1, -0.05) is 36.4 Å². The highest BCUT2D eigenvalue weighted by molar-refractivity contribution is 5.74. The maximum atomic E-state index is 12.4. The first-order chi connectivity index (χ1) is 13.5. The molecule has 2 aromatic carbocycles. The summed E-state index contributed by atoms with van der Waals surface area (Å²) < 4.78 is 11.6. The molecule has 5 rings (SSSR count). The van der Waals surface area contributed by atoms with Crippen LogP contribution >= 0.6 is 0 Å². The topological polar surface area (TPSA) is 79.8 Å². The molecule has 1 saturated carbocycles. The lowest BCUT2D eigenvalue weighted by Gasteiger charge is -2.51. The Bertz CT molecular complexity index is 820. The van der Waals surface area contributed by atoms with Crippen molar-refractivity contribution in [1.82, 2.24) is 10.6 Å². The molecule has 3 aliphatic rings. The van der Waals surface area contributed by atoms with Gasteiger partial charge in [-0.2, -0.15) is 0 Å². The fourth-order valence-electron chi connectivity index (χ4n) is 3.82. The van der Waals surface area contributed by atoms with Gasteiger partial charge in [0, 0.05) is 5.56 Å². The van der Waals surface area contributed by atoms with Crippen LogP contribution in [0.4, 0.5) is 4.79 Å². The van der Waals surface area contributed by atoms with E-state index in [1.165, 1.54) is 0 Å². The van der Waals surface area contributed by atoms with Crippen LogP contribution in [-0.4, -0.2) is 36.0 Å². The van der Waals surface area contributed by atoms with Crippen molar-refractivity contribution in [2.24, 2.45) is 5.92 Å². The van der Waals surface area contributed by atoms with Gasteiger partial charge in [0.1, 0.15) is 17.1 Å². The Morgan fingerprint density at radius 1 is 1.21 bits per heavy atom. The number of para-hydroxylation sites is 2. The average molecular weight is 382 g/mol. The van der Waals surface area contributed by atoms with Crippen LogP contribution in [0.25, 0.3) is 0 Å². The van der Waals surface area contributed by atoms with Gasteiger partial charge in [0.25, 0.3) is 0 Å². The van der Waals surface area contributed by atoms with Gasteiger partial charge in [-0.3, -0.25) is 0 Å². The number of nitrogens with one attached hydrogen (secondary N) is 2. The van der Waals surface area contributed by atoms with Crippen molar-refractivity contribution in [1.29, 1.82) is 0 Å². The normalized spacial score (nSPS) is 26.6. The molecule has 2 bridgehead atoms. The number of aliphatic hydroxyl groups is 1. The zero-order valence-corrected chi connectivity index (χ0v) is 15.9. The van der Waals surface area contributed by atoms with Crippen LogP contribution < -0.4 is 15.4 Å². The van der Waals surface area contributed by atoms with Crippen LogP contribution in [-0.2, 0) is 4.74 Å². The van der Waals surface area contributed by atoms with Gasteiger partial charge in [-0.05, 0) is 43.9 Å². The number of ether oxygens (including phenoxy) is 2. The maximum Gasteiger partial charge on any atom is 0.315 e. The summed E-state index contributed by atoms with van der Waals surface area (Å²) in [5.74, 6) is 1.65. The molecule has 2 heterocycles. The van der Waals surface area contributed by atoms with Crippen molar-refractivity contribution in [3.63, 3.8) is 0 Å². The minimum atomic E-state index is -0.969. The predicted molar refractivity (Wildman–Crippen MR) is 105 cm³/mol. The molecule has 2 unspecified atom stereocenters. The van der Waals surface area contributed by atoms with Crippen LogP contribution in [0.15, 0.2) is 54.6 Å². The molecule has 28 heavy (non-hydrogen) atoms. The Hall–Kier alpha value is -2.57. The summed E-state index contributed by atoms with van der Waals surface area (Å²) >= 11 is 0. The second-order valence-electron chi connectivity index (χ2n) is 7.71. The third-order valence-electron chi connectivity index (χ3n) is 5.68. The first kappa shape index (κ1) is 18.8. The summed E-state index contributed by atoms with van der Waals surface area (Å²) in [7, 11) is 0. The van der Waals surface area contributed by atoms with Crippen LogP contribution in [0.3, 0.4) is 0 Å². The standard InChI is InChI=1S/C22H26N2O4/c1-15(19-9-5-6-10-20(19)28-17-7-3-2-4-8-17)24-21(25)23-13-22(26)14-27-18-11-16(22)12-18/h2-10,15-16,18,26H,11-14H2,1H3,(H2,23,24,25). The molecule has 2 amide bonds. The van der Waals surface area contributed by atoms with E-state index in [0.29, 0.717) is 11.9 Å². The summed E-state index contributed by atoms with van der Waals surface area (Å²) in [4.78, 5) is 12.4. The van der Waals surface area contributed by atoms with Crippen molar-refractivity contribution < 1.29 is 19.4 Å². The van der Waals surface area contributed by atoms with Crippen molar-refractivity contribution in [3.8, 4) is 11.5 Å². The second kappa shape index (κ2) is 7.81. The number of benzene rings is 2. The summed E-state index contributed by atoms with van der Waals surface area (Å²) in [6, 6.07) is 16.6. The zero-order valence-electron chi connectivity index (χ0n) is 15.9. The maximum absolute atomic E-state index is 12.4. The molecule has 3 N–H and O–H groups in total. The first-order valence-electron chi connectivity index (χ1n) is 9.74. The molecule has 0 aromatic heterocycles. The lowest BCUT2D eigenvalue weighted by molar-refractivity contribution is -0.214. The highest BCUT2D eigenvalue weighted by atomic mass is 16.5. The molecule has 2 aliphatic heterocycles. The molecule has 2 atom stereocenters. The molecule has 6 heteroatoms. The van der Waals surface area contributed by atoms with Crippen LogP contribution in [0.5, 0.6) is 11.5 Å². The molecular formula is C22H26N2O4. The Labute approximate surface area is 164 Å². The highest BCUT2D eigenvalue weighted by Crippen LogP contribution is 2.43. The van der Waals surface area contributed by atoms with Crippen LogP contribution in [0.2, 0.25) is 0 Å². The molecule has 3 fully saturated rings. The number of hydrogen-bond donors (Lipinski definition) is 3. The molecule has 2 aromatic rings. The number of carbonyl (C=O) groups excluding carboxylic acids is 1. The minimum absolute atomic E-state index is 0.186. The lowest BCUT2D eigenvalue weighted by Crippen LogP contribution is -2.62. The third-order valence-corrected chi connectivity index (χ3v) is 5.68.